The van der Waals surface area contributed by atoms with E-state index in [4.69, 9.17) is 9.84 Å². The number of hydrogen-bond donors (Lipinski definition) is 3. The van der Waals surface area contributed by atoms with Crippen molar-refractivity contribution >= 4 is 5.97 Å². The second-order valence-corrected chi connectivity index (χ2v) is 5.27. The molecule has 1 aromatic carbocycles. The fraction of sp³-hybridized carbons (Fsp3) is 0.533. The van der Waals surface area contributed by atoms with E-state index in [9.17, 15) is 9.90 Å². The molecule has 0 aromatic heterocycles. The molecule has 1 aliphatic rings. The standard InChI is InChI=1S/C15H21NO4/c1-20-14-7-2-10(8-13(14)17)9-16-12-5-3-11(4-6-12)15(18)19/h2,7-8,11-12,16-17H,3-6,9H2,1H3,(H,18,19). The SMILES string of the molecule is COc1ccc(CNC2CCC(C(=O)O)CC2)cc1O. The highest BCUT2D eigenvalue weighted by Gasteiger charge is 2.25. The lowest BCUT2D eigenvalue weighted by Crippen LogP contribution is -2.34. The lowest BCUT2D eigenvalue weighted by molar-refractivity contribution is -0.142. The fourth-order valence-electron chi connectivity index (χ4n) is 2.65. The Morgan fingerprint density at radius 2 is 2.05 bits per heavy atom. The van der Waals surface area contributed by atoms with Gasteiger partial charge in [-0.15, -0.1) is 0 Å². The molecule has 0 bridgehead atoms. The van der Waals surface area contributed by atoms with E-state index in [1.54, 1.807) is 12.1 Å². The van der Waals surface area contributed by atoms with Gasteiger partial charge in [0.1, 0.15) is 0 Å². The number of phenolic OH excluding ortho intramolecular Hbond substituents is 1. The van der Waals surface area contributed by atoms with E-state index in [-0.39, 0.29) is 11.7 Å². The van der Waals surface area contributed by atoms with Crippen molar-refractivity contribution in [3.63, 3.8) is 0 Å². The molecule has 0 aliphatic heterocycles. The summed E-state index contributed by atoms with van der Waals surface area (Å²) in [5.41, 5.74) is 0.989. The molecule has 0 spiro atoms. The van der Waals surface area contributed by atoms with Crippen molar-refractivity contribution in [2.24, 2.45) is 5.92 Å². The Bertz CT molecular complexity index is 467. The summed E-state index contributed by atoms with van der Waals surface area (Å²) in [6.45, 7) is 0.667. The van der Waals surface area contributed by atoms with E-state index in [0.29, 0.717) is 18.3 Å². The molecule has 5 nitrogen and oxygen atoms in total. The lowest BCUT2D eigenvalue weighted by atomic mass is 9.86. The van der Waals surface area contributed by atoms with Gasteiger partial charge in [-0.1, -0.05) is 6.07 Å². The summed E-state index contributed by atoms with van der Waals surface area (Å²) in [4.78, 5) is 10.9. The van der Waals surface area contributed by atoms with Crippen molar-refractivity contribution in [2.75, 3.05) is 7.11 Å². The summed E-state index contributed by atoms with van der Waals surface area (Å²) in [5.74, 6) is -0.251. The lowest BCUT2D eigenvalue weighted by Gasteiger charge is -2.27. The number of methoxy groups -OCH3 is 1. The van der Waals surface area contributed by atoms with Crippen LogP contribution >= 0.6 is 0 Å². The van der Waals surface area contributed by atoms with Crippen LogP contribution in [0, 0.1) is 5.92 Å². The number of carboxylic acids is 1. The fourth-order valence-corrected chi connectivity index (χ4v) is 2.65. The van der Waals surface area contributed by atoms with Crippen LogP contribution < -0.4 is 10.1 Å². The minimum Gasteiger partial charge on any atom is -0.504 e. The van der Waals surface area contributed by atoms with Crippen molar-refractivity contribution in [3.8, 4) is 11.5 Å². The molecule has 0 saturated heterocycles. The smallest absolute Gasteiger partial charge is 0.306 e. The highest BCUT2D eigenvalue weighted by molar-refractivity contribution is 5.70. The minimum absolute atomic E-state index is 0.140. The molecule has 0 radical (unpaired) electrons. The zero-order chi connectivity index (χ0) is 14.5. The minimum atomic E-state index is -0.677. The quantitative estimate of drug-likeness (QED) is 0.769. The van der Waals surface area contributed by atoms with Crippen LogP contribution in [-0.2, 0) is 11.3 Å². The van der Waals surface area contributed by atoms with Crippen LogP contribution in [0.4, 0.5) is 0 Å². The van der Waals surface area contributed by atoms with Crippen molar-refractivity contribution < 1.29 is 19.7 Å². The van der Waals surface area contributed by atoms with Crippen molar-refractivity contribution in [1.29, 1.82) is 0 Å². The molecule has 110 valence electrons. The molecular formula is C15H21NO4. The van der Waals surface area contributed by atoms with Gasteiger partial charge in [0.2, 0.25) is 0 Å². The molecule has 1 saturated carbocycles. The summed E-state index contributed by atoms with van der Waals surface area (Å²) in [5, 5.41) is 22.1. The number of rotatable bonds is 5. The monoisotopic (exact) mass is 279 g/mol. The van der Waals surface area contributed by atoms with Gasteiger partial charge in [-0.2, -0.15) is 0 Å². The van der Waals surface area contributed by atoms with Crippen molar-refractivity contribution in [1.82, 2.24) is 5.32 Å². The summed E-state index contributed by atoms with van der Waals surface area (Å²) in [7, 11) is 1.52. The number of benzene rings is 1. The second kappa shape index (κ2) is 6.61. The Labute approximate surface area is 118 Å². The van der Waals surface area contributed by atoms with Crippen LogP contribution in [0.25, 0.3) is 0 Å². The molecule has 1 fully saturated rings. The summed E-state index contributed by atoms with van der Waals surface area (Å²) >= 11 is 0. The molecule has 0 unspecified atom stereocenters. The van der Waals surface area contributed by atoms with Gasteiger partial charge in [-0.25, -0.2) is 0 Å². The molecule has 0 amide bonds. The first-order chi connectivity index (χ1) is 9.60. The van der Waals surface area contributed by atoms with Gasteiger partial charge < -0.3 is 20.3 Å². The third-order valence-corrected chi connectivity index (χ3v) is 3.91. The first-order valence-corrected chi connectivity index (χ1v) is 6.92. The predicted octanol–water partition coefficient (Wildman–Crippen LogP) is 2.13. The van der Waals surface area contributed by atoms with E-state index in [1.807, 2.05) is 6.07 Å². The number of nitrogens with one attached hydrogen (secondary N) is 1. The van der Waals surface area contributed by atoms with Gasteiger partial charge in [0.25, 0.3) is 0 Å². The highest BCUT2D eigenvalue weighted by Crippen LogP contribution is 2.27. The van der Waals surface area contributed by atoms with Gasteiger partial charge >= 0.3 is 5.97 Å². The number of carboxylic acid groups (broad SMARTS) is 1. The molecular weight excluding hydrogens is 258 g/mol. The number of carbonyl (C=O) groups is 1. The van der Waals surface area contributed by atoms with Crippen LogP contribution in [0.15, 0.2) is 18.2 Å². The van der Waals surface area contributed by atoms with Gasteiger partial charge in [-0.05, 0) is 43.4 Å². The number of hydrogen-bond acceptors (Lipinski definition) is 4. The summed E-state index contributed by atoms with van der Waals surface area (Å²) in [6, 6.07) is 5.70. The average Bonchev–Trinajstić information content (AvgIpc) is 2.45. The zero-order valence-electron chi connectivity index (χ0n) is 11.6. The van der Waals surface area contributed by atoms with Crippen LogP contribution in [0.3, 0.4) is 0 Å². The molecule has 2 rings (SSSR count). The molecule has 3 N–H and O–H groups in total. The Kier molecular flexibility index (Phi) is 4.84. The van der Waals surface area contributed by atoms with E-state index in [1.165, 1.54) is 7.11 Å². The zero-order valence-corrected chi connectivity index (χ0v) is 11.6. The summed E-state index contributed by atoms with van der Waals surface area (Å²) in [6.07, 6.45) is 3.25. The molecule has 5 heteroatoms. The maximum atomic E-state index is 10.9. The number of phenols is 1. The van der Waals surface area contributed by atoms with Crippen LogP contribution in [0.5, 0.6) is 11.5 Å². The largest absolute Gasteiger partial charge is 0.504 e. The number of aromatic hydroxyl groups is 1. The van der Waals surface area contributed by atoms with E-state index < -0.39 is 5.97 Å². The third-order valence-electron chi connectivity index (χ3n) is 3.91. The Morgan fingerprint density at radius 1 is 1.35 bits per heavy atom. The van der Waals surface area contributed by atoms with Gasteiger partial charge in [0.05, 0.1) is 13.0 Å². The molecule has 0 atom stereocenters. The first-order valence-electron chi connectivity index (χ1n) is 6.92. The second-order valence-electron chi connectivity index (χ2n) is 5.27. The normalized spacial score (nSPS) is 22.4. The Hall–Kier alpha value is -1.75. The maximum Gasteiger partial charge on any atom is 0.306 e. The summed E-state index contributed by atoms with van der Waals surface area (Å²) < 4.78 is 5.00. The molecule has 0 heterocycles. The molecule has 1 aliphatic carbocycles. The van der Waals surface area contributed by atoms with E-state index in [2.05, 4.69) is 5.32 Å². The van der Waals surface area contributed by atoms with Crippen LogP contribution in [0.1, 0.15) is 31.2 Å². The molecule has 20 heavy (non-hydrogen) atoms. The maximum absolute atomic E-state index is 10.9. The van der Waals surface area contributed by atoms with E-state index in [0.717, 1.165) is 31.2 Å². The highest BCUT2D eigenvalue weighted by atomic mass is 16.5. The Morgan fingerprint density at radius 3 is 2.60 bits per heavy atom. The predicted molar refractivity (Wildman–Crippen MR) is 74.9 cm³/mol. The van der Waals surface area contributed by atoms with Crippen LogP contribution in [-0.4, -0.2) is 29.3 Å². The van der Waals surface area contributed by atoms with Gasteiger partial charge in [0, 0.05) is 12.6 Å². The van der Waals surface area contributed by atoms with Crippen molar-refractivity contribution in [2.45, 2.75) is 38.3 Å². The topological polar surface area (TPSA) is 78.8 Å². The van der Waals surface area contributed by atoms with Crippen molar-refractivity contribution in [3.05, 3.63) is 23.8 Å². The first kappa shape index (κ1) is 14.7. The van der Waals surface area contributed by atoms with Gasteiger partial charge in [0.15, 0.2) is 11.5 Å². The number of ether oxygens (including phenoxy) is 1. The van der Waals surface area contributed by atoms with E-state index >= 15 is 0 Å². The Balaban J connectivity index is 1.81. The van der Waals surface area contributed by atoms with Gasteiger partial charge in [-0.3, -0.25) is 4.79 Å². The molecule has 1 aromatic rings. The third kappa shape index (κ3) is 3.63. The number of aliphatic carboxylic acids is 1. The average molecular weight is 279 g/mol. The van der Waals surface area contributed by atoms with Crippen LogP contribution in [0.2, 0.25) is 0 Å².